The van der Waals surface area contributed by atoms with Gasteiger partial charge in [-0.2, -0.15) is 0 Å². The molecule has 0 heterocycles. The van der Waals surface area contributed by atoms with Crippen LogP contribution < -0.4 is 5.32 Å². The monoisotopic (exact) mass is 243 g/mol. The maximum atomic E-state index is 10.6. The molecule has 0 aromatic rings. The summed E-state index contributed by atoms with van der Waals surface area (Å²) in [5.74, 6) is 0.938. The maximum Gasteiger partial charge on any atom is 0.122 e. The Morgan fingerprint density at radius 2 is 1.76 bits per heavy atom. The molecule has 0 rings (SSSR count). The maximum absolute atomic E-state index is 10.6. The smallest absolute Gasteiger partial charge is 0.122 e. The van der Waals surface area contributed by atoms with Crippen LogP contribution in [-0.2, 0) is 4.79 Å². The predicted molar refractivity (Wildman–Crippen MR) is 72.0 cm³/mol. The molecule has 0 aromatic heterocycles. The molecule has 3 heteroatoms. The number of rotatable bonds is 9. The molecule has 0 saturated heterocycles. The highest BCUT2D eigenvalue weighted by Gasteiger charge is 2.26. The summed E-state index contributed by atoms with van der Waals surface area (Å²) in [6.45, 7) is 9.01. The molecule has 0 aliphatic heterocycles. The number of hydrogen-bond donors (Lipinski definition) is 2. The summed E-state index contributed by atoms with van der Waals surface area (Å²) in [6.07, 6.45) is 3.42. The summed E-state index contributed by atoms with van der Waals surface area (Å²) in [5.41, 5.74) is -0.627. The van der Waals surface area contributed by atoms with Gasteiger partial charge < -0.3 is 15.2 Å². The van der Waals surface area contributed by atoms with Crippen molar-refractivity contribution in [2.75, 3.05) is 13.6 Å². The minimum Gasteiger partial charge on any atom is -0.390 e. The van der Waals surface area contributed by atoms with E-state index in [-0.39, 0.29) is 5.92 Å². The van der Waals surface area contributed by atoms with Crippen molar-refractivity contribution in [2.24, 2.45) is 17.8 Å². The summed E-state index contributed by atoms with van der Waals surface area (Å²) in [7, 11) is 1.93. The van der Waals surface area contributed by atoms with E-state index in [4.69, 9.17) is 0 Å². The van der Waals surface area contributed by atoms with Crippen LogP contribution >= 0.6 is 0 Å². The van der Waals surface area contributed by atoms with Crippen LogP contribution in [0.15, 0.2) is 0 Å². The lowest BCUT2D eigenvalue weighted by atomic mass is 9.82. The molecule has 0 unspecified atom stereocenters. The molecule has 0 bridgehead atoms. The van der Waals surface area contributed by atoms with Crippen molar-refractivity contribution in [2.45, 2.75) is 52.6 Å². The molecule has 3 nitrogen and oxygen atoms in total. The Morgan fingerprint density at radius 1 is 1.24 bits per heavy atom. The largest absolute Gasteiger partial charge is 0.390 e. The highest BCUT2D eigenvalue weighted by molar-refractivity contribution is 5.52. The first kappa shape index (κ1) is 16.6. The van der Waals surface area contributed by atoms with Crippen LogP contribution in [0.1, 0.15) is 47.0 Å². The first-order valence-corrected chi connectivity index (χ1v) is 6.63. The Labute approximate surface area is 106 Å². The first-order chi connectivity index (χ1) is 7.80. The van der Waals surface area contributed by atoms with Gasteiger partial charge in [-0.05, 0) is 51.6 Å². The fourth-order valence-electron chi connectivity index (χ4n) is 2.78. The predicted octanol–water partition coefficient (Wildman–Crippen LogP) is 2.23. The minimum atomic E-state index is -0.627. The molecular formula is C14H29NO2. The van der Waals surface area contributed by atoms with E-state index in [2.05, 4.69) is 19.2 Å². The summed E-state index contributed by atoms with van der Waals surface area (Å²) in [4.78, 5) is 10.6. The molecule has 0 spiro atoms. The molecule has 0 fully saturated rings. The van der Waals surface area contributed by atoms with Crippen LogP contribution in [0.4, 0.5) is 0 Å². The van der Waals surface area contributed by atoms with E-state index in [1.807, 2.05) is 20.9 Å². The molecule has 4 atom stereocenters. The van der Waals surface area contributed by atoms with Gasteiger partial charge in [-0.15, -0.1) is 0 Å². The zero-order valence-corrected chi connectivity index (χ0v) is 12.0. The van der Waals surface area contributed by atoms with Crippen LogP contribution in [0, 0.1) is 17.8 Å². The molecule has 102 valence electrons. The van der Waals surface area contributed by atoms with Gasteiger partial charge >= 0.3 is 0 Å². The number of aldehydes is 1. The number of hydrogen-bond acceptors (Lipinski definition) is 3. The minimum absolute atomic E-state index is 0.0931. The summed E-state index contributed by atoms with van der Waals surface area (Å²) in [5, 5.41) is 13.5. The summed E-state index contributed by atoms with van der Waals surface area (Å²) >= 11 is 0. The van der Waals surface area contributed by atoms with Crippen LogP contribution in [0.2, 0.25) is 0 Å². The van der Waals surface area contributed by atoms with Crippen molar-refractivity contribution in [3.05, 3.63) is 0 Å². The van der Waals surface area contributed by atoms with Gasteiger partial charge in [0.2, 0.25) is 0 Å². The van der Waals surface area contributed by atoms with E-state index in [0.29, 0.717) is 11.8 Å². The van der Waals surface area contributed by atoms with Crippen molar-refractivity contribution in [3.63, 3.8) is 0 Å². The summed E-state index contributed by atoms with van der Waals surface area (Å²) < 4.78 is 0. The van der Waals surface area contributed by atoms with Crippen LogP contribution in [-0.4, -0.2) is 30.6 Å². The Bertz CT molecular complexity index is 216. The van der Waals surface area contributed by atoms with E-state index in [9.17, 15) is 9.90 Å². The van der Waals surface area contributed by atoms with Crippen LogP contribution in [0.25, 0.3) is 0 Å². The second kappa shape index (κ2) is 7.83. The van der Waals surface area contributed by atoms with Gasteiger partial charge in [0.1, 0.15) is 6.29 Å². The van der Waals surface area contributed by atoms with Gasteiger partial charge in [0, 0.05) is 5.92 Å². The van der Waals surface area contributed by atoms with Crippen molar-refractivity contribution in [1.29, 1.82) is 0 Å². The normalized spacial score (nSPS) is 20.4. The lowest BCUT2D eigenvalue weighted by molar-refractivity contribution is -0.111. The zero-order chi connectivity index (χ0) is 13.5. The highest BCUT2D eigenvalue weighted by Crippen LogP contribution is 2.27. The lowest BCUT2D eigenvalue weighted by Gasteiger charge is -2.30. The number of carbonyl (C=O) groups excluding carboxylic acids is 1. The quantitative estimate of drug-likeness (QED) is 0.611. The van der Waals surface area contributed by atoms with Crippen molar-refractivity contribution >= 4 is 6.29 Å². The number of nitrogens with one attached hydrogen (secondary N) is 1. The average molecular weight is 243 g/mol. The van der Waals surface area contributed by atoms with Gasteiger partial charge in [-0.3, -0.25) is 0 Å². The lowest BCUT2D eigenvalue weighted by Crippen LogP contribution is -2.32. The fourth-order valence-corrected chi connectivity index (χ4v) is 2.78. The molecular weight excluding hydrogens is 214 g/mol. The molecule has 0 radical (unpaired) electrons. The number of aliphatic hydroxyl groups is 1. The second-order valence-corrected chi connectivity index (χ2v) is 6.02. The average Bonchev–Trinajstić information content (AvgIpc) is 2.15. The van der Waals surface area contributed by atoms with Crippen LogP contribution in [0.5, 0.6) is 0 Å². The van der Waals surface area contributed by atoms with E-state index in [0.717, 1.165) is 32.1 Å². The molecule has 0 aliphatic rings. The van der Waals surface area contributed by atoms with Crippen molar-refractivity contribution in [1.82, 2.24) is 5.32 Å². The van der Waals surface area contributed by atoms with E-state index >= 15 is 0 Å². The van der Waals surface area contributed by atoms with Gasteiger partial charge in [0.05, 0.1) is 5.60 Å². The first-order valence-electron chi connectivity index (χ1n) is 6.63. The van der Waals surface area contributed by atoms with E-state index in [1.165, 1.54) is 0 Å². The van der Waals surface area contributed by atoms with Gasteiger partial charge in [0.25, 0.3) is 0 Å². The Balaban J connectivity index is 4.09. The van der Waals surface area contributed by atoms with Gasteiger partial charge in [-0.25, -0.2) is 0 Å². The second-order valence-electron chi connectivity index (χ2n) is 6.02. The third-order valence-electron chi connectivity index (χ3n) is 3.14. The Kier molecular flexibility index (Phi) is 7.64. The van der Waals surface area contributed by atoms with Gasteiger partial charge in [0.15, 0.2) is 0 Å². The number of carbonyl (C=O) groups is 1. The third kappa shape index (κ3) is 8.33. The molecule has 0 amide bonds. The van der Waals surface area contributed by atoms with Crippen LogP contribution in [0.3, 0.4) is 0 Å². The molecule has 0 aromatic carbocycles. The topological polar surface area (TPSA) is 49.3 Å². The summed E-state index contributed by atoms with van der Waals surface area (Å²) in [6, 6.07) is 0. The third-order valence-corrected chi connectivity index (χ3v) is 3.14. The van der Waals surface area contributed by atoms with E-state index < -0.39 is 5.60 Å². The SMILES string of the molecule is CNC[C@H](C)C[C@@](C)(O)C[C@@H](C)C[C@@H](C)C=O. The molecule has 0 aliphatic carbocycles. The van der Waals surface area contributed by atoms with E-state index in [1.54, 1.807) is 0 Å². The Morgan fingerprint density at radius 3 is 2.24 bits per heavy atom. The molecule has 2 N–H and O–H groups in total. The molecule has 17 heavy (non-hydrogen) atoms. The van der Waals surface area contributed by atoms with Crippen molar-refractivity contribution < 1.29 is 9.90 Å². The van der Waals surface area contributed by atoms with Crippen molar-refractivity contribution in [3.8, 4) is 0 Å². The van der Waals surface area contributed by atoms with Gasteiger partial charge in [-0.1, -0.05) is 20.8 Å². The Hall–Kier alpha value is -0.410. The fraction of sp³-hybridized carbons (Fsp3) is 0.929. The standard InChI is InChI=1S/C14H29NO2/c1-11(6-12(2)10-16)7-14(4,17)8-13(3)9-15-5/h10-13,15,17H,6-9H2,1-5H3/t11-,12+,13+,14-/m0/s1. The molecule has 0 saturated carbocycles. The zero-order valence-electron chi connectivity index (χ0n) is 12.0. The highest BCUT2D eigenvalue weighted by atomic mass is 16.3.